The molecule has 0 atom stereocenters. The quantitative estimate of drug-likeness (QED) is 0.801. The average Bonchev–Trinajstić information content (AvgIpc) is 2.79. The number of amides is 2. The predicted octanol–water partition coefficient (Wildman–Crippen LogP) is 2.81. The summed E-state index contributed by atoms with van der Waals surface area (Å²) in [6.07, 6.45) is 5.23. The fraction of sp³-hybridized carbons (Fsp3) is 0.409. The number of halogens is 1. The van der Waals surface area contributed by atoms with Gasteiger partial charge in [0.05, 0.1) is 5.56 Å². The van der Waals surface area contributed by atoms with E-state index in [0.29, 0.717) is 31.7 Å². The van der Waals surface area contributed by atoms with Crippen molar-refractivity contribution in [3.05, 3.63) is 59.5 Å². The number of benzene rings is 1. The first-order valence-corrected chi connectivity index (χ1v) is 10.2. The van der Waals surface area contributed by atoms with Crippen molar-refractivity contribution in [2.45, 2.75) is 19.3 Å². The van der Waals surface area contributed by atoms with Gasteiger partial charge in [-0.15, -0.1) is 0 Å². The average molecular weight is 396 g/mol. The molecule has 2 saturated heterocycles. The maximum Gasteiger partial charge on any atom is 0.256 e. The Kier molecular flexibility index (Phi) is 5.74. The fourth-order valence-corrected chi connectivity index (χ4v) is 3.95. The molecule has 0 unspecified atom stereocenters. The molecule has 2 aliphatic heterocycles. The third kappa shape index (κ3) is 4.23. The van der Waals surface area contributed by atoms with Crippen LogP contribution in [0, 0.1) is 5.82 Å². The Balaban J connectivity index is 1.39. The van der Waals surface area contributed by atoms with Crippen molar-refractivity contribution >= 4 is 17.6 Å². The Bertz CT molecular complexity index is 890. The molecule has 2 amide bonds. The van der Waals surface area contributed by atoms with Gasteiger partial charge in [0.2, 0.25) is 0 Å². The number of hydrogen-bond donors (Lipinski definition) is 0. The highest BCUT2D eigenvalue weighted by Crippen LogP contribution is 2.20. The minimum Gasteiger partial charge on any atom is -0.357 e. The number of pyridine rings is 1. The topological polar surface area (TPSA) is 56.8 Å². The van der Waals surface area contributed by atoms with E-state index in [-0.39, 0.29) is 17.4 Å². The highest BCUT2D eigenvalue weighted by Gasteiger charge is 2.27. The number of nitrogens with zero attached hydrogens (tertiary/aromatic N) is 4. The molecule has 0 radical (unpaired) electrons. The molecule has 1 aromatic heterocycles. The minimum absolute atomic E-state index is 0.0522. The number of carbonyl (C=O) groups excluding carboxylic acids is 2. The van der Waals surface area contributed by atoms with Gasteiger partial charge in [-0.3, -0.25) is 9.59 Å². The van der Waals surface area contributed by atoms with Gasteiger partial charge in [-0.05, 0) is 43.5 Å². The summed E-state index contributed by atoms with van der Waals surface area (Å²) in [5, 5.41) is 0. The van der Waals surface area contributed by atoms with E-state index in [1.54, 1.807) is 34.2 Å². The van der Waals surface area contributed by atoms with Crippen LogP contribution in [0.1, 0.15) is 40.0 Å². The molecule has 152 valence electrons. The van der Waals surface area contributed by atoms with Crippen LogP contribution in [-0.4, -0.2) is 65.9 Å². The van der Waals surface area contributed by atoms with Crippen molar-refractivity contribution in [1.29, 1.82) is 0 Å². The summed E-state index contributed by atoms with van der Waals surface area (Å²) in [5.41, 5.74) is 0.696. The second-order valence-electron chi connectivity index (χ2n) is 7.51. The zero-order valence-corrected chi connectivity index (χ0v) is 16.4. The van der Waals surface area contributed by atoms with E-state index in [1.807, 2.05) is 6.07 Å². The van der Waals surface area contributed by atoms with E-state index in [9.17, 15) is 14.0 Å². The summed E-state index contributed by atoms with van der Waals surface area (Å²) >= 11 is 0. The summed E-state index contributed by atoms with van der Waals surface area (Å²) in [6.45, 7) is 3.59. The largest absolute Gasteiger partial charge is 0.357 e. The molecule has 0 bridgehead atoms. The van der Waals surface area contributed by atoms with E-state index in [4.69, 9.17) is 0 Å². The van der Waals surface area contributed by atoms with E-state index in [1.165, 1.54) is 18.6 Å². The lowest BCUT2D eigenvalue weighted by atomic mass is 10.1. The number of hydrogen-bond acceptors (Lipinski definition) is 4. The van der Waals surface area contributed by atoms with Gasteiger partial charge in [0.1, 0.15) is 11.6 Å². The summed E-state index contributed by atoms with van der Waals surface area (Å²) in [7, 11) is 0. The molecular weight excluding hydrogens is 371 g/mol. The number of anilines is 1. The number of aromatic nitrogens is 1. The molecule has 0 saturated carbocycles. The van der Waals surface area contributed by atoms with Crippen LogP contribution in [0.4, 0.5) is 10.2 Å². The van der Waals surface area contributed by atoms with Crippen LogP contribution >= 0.6 is 0 Å². The third-order valence-corrected chi connectivity index (χ3v) is 5.63. The van der Waals surface area contributed by atoms with Crippen molar-refractivity contribution in [1.82, 2.24) is 14.8 Å². The molecule has 7 heteroatoms. The maximum absolute atomic E-state index is 13.9. The van der Waals surface area contributed by atoms with Crippen LogP contribution in [0.15, 0.2) is 42.6 Å². The Labute approximate surface area is 169 Å². The fourth-order valence-electron chi connectivity index (χ4n) is 3.95. The standard InChI is InChI=1S/C22H25FN4O2/c23-19-7-3-2-6-18(19)22(29)27-14-12-26(13-15-27)21(28)17-8-9-24-20(16-17)25-10-4-1-5-11-25/h2-3,6-9,16H,1,4-5,10-15H2. The van der Waals surface area contributed by atoms with Gasteiger partial charge < -0.3 is 14.7 Å². The second-order valence-corrected chi connectivity index (χ2v) is 7.51. The number of piperazine rings is 1. The predicted molar refractivity (Wildman–Crippen MR) is 109 cm³/mol. The van der Waals surface area contributed by atoms with Gasteiger partial charge in [0.15, 0.2) is 0 Å². The Morgan fingerprint density at radius 1 is 0.828 bits per heavy atom. The van der Waals surface area contributed by atoms with Gasteiger partial charge in [0.25, 0.3) is 11.8 Å². The summed E-state index contributed by atoms with van der Waals surface area (Å²) < 4.78 is 13.9. The summed E-state index contributed by atoms with van der Waals surface area (Å²) in [6, 6.07) is 9.61. The van der Waals surface area contributed by atoms with E-state index in [0.717, 1.165) is 31.7 Å². The molecule has 4 rings (SSSR count). The van der Waals surface area contributed by atoms with Crippen LogP contribution in [-0.2, 0) is 0 Å². The zero-order chi connectivity index (χ0) is 20.2. The summed E-state index contributed by atoms with van der Waals surface area (Å²) in [5.74, 6) is -0.0444. The molecule has 29 heavy (non-hydrogen) atoms. The minimum atomic E-state index is -0.516. The molecule has 0 aliphatic carbocycles. The summed E-state index contributed by atoms with van der Waals surface area (Å²) in [4.78, 5) is 35.5. The highest BCUT2D eigenvalue weighted by molar-refractivity contribution is 5.96. The highest BCUT2D eigenvalue weighted by atomic mass is 19.1. The Morgan fingerprint density at radius 2 is 1.48 bits per heavy atom. The number of rotatable bonds is 3. The molecule has 3 heterocycles. The van der Waals surface area contributed by atoms with Crippen molar-refractivity contribution in [2.75, 3.05) is 44.2 Å². The molecule has 6 nitrogen and oxygen atoms in total. The van der Waals surface area contributed by atoms with Crippen LogP contribution in [0.2, 0.25) is 0 Å². The van der Waals surface area contributed by atoms with Gasteiger partial charge in [0, 0.05) is 51.0 Å². The van der Waals surface area contributed by atoms with E-state index < -0.39 is 5.82 Å². The molecular formula is C22H25FN4O2. The molecule has 2 aliphatic rings. The molecule has 0 N–H and O–H groups in total. The van der Waals surface area contributed by atoms with Gasteiger partial charge in [-0.1, -0.05) is 12.1 Å². The van der Waals surface area contributed by atoms with Crippen LogP contribution in [0.25, 0.3) is 0 Å². The van der Waals surface area contributed by atoms with Crippen LogP contribution < -0.4 is 4.90 Å². The maximum atomic E-state index is 13.9. The molecule has 1 aromatic carbocycles. The third-order valence-electron chi connectivity index (χ3n) is 5.63. The van der Waals surface area contributed by atoms with E-state index >= 15 is 0 Å². The lowest BCUT2D eigenvalue weighted by molar-refractivity contribution is 0.0533. The van der Waals surface area contributed by atoms with Crippen molar-refractivity contribution < 1.29 is 14.0 Å². The lowest BCUT2D eigenvalue weighted by Gasteiger charge is -2.35. The first-order valence-electron chi connectivity index (χ1n) is 10.2. The zero-order valence-electron chi connectivity index (χ0n) is 16.4. The van der Waals surface area contributed by atoms with Crippen molar-refractivity contribution in [2.24, 2.45) is 0 Å². The first kappa shape index (κ1) is 19.4. The molecule has 0 spiro atoms. The van der Waals surface area contributed by atoms with Crippen molar-refractivity contribution in [3.8, 4) is 0 Å². The molecule has 2 aromatic rings. The van der Waals surface area contributed by atoms with Crippen molar-refractivity contribution in [3.63, 3.8) is 0 Å². The first-order chi connectivity index (χ1) is 14.1. The van der Waals surface area contributed by atoms with Gasteiger partial charge in [-0.25, -0.2) is 9.37 Å². The lowest BCUT2D eigenvalue weighted by Crippen LogP contribution is -2.50. The van der Waals surface area contributed by atoms with Gasteiger partial charge >= 0.3 is 0 Å². The second kappa shape index (κ2) is 8.59. The normalized spacial score (nSPS) is 17.3. The Morgan fingerprint density at radius 3 is 2.17 bits per heavy atom. The van der Waals surface area contributed by atoms with Crippen LogP contribution in [0.5, 0.6) is 0 Å². The smallest absolute Gasteiger partial charge is 0.256 e. The van der Waals surface area contributed by atoms with Gasteiger partial charge in [-0.2, -0.15) is 0 Å². The monoisotopic (exact) mass is 396 g/mol. The molecule has 2 fully saturated rings. The SMILES string of the molecule is O=C(c1ccnc(N2CCCCC2)c1)N1CCN(C(=O)c2ccccc2F)CC1. The number of carbonyl (C=O) groups is 2. The Hall–Kier alpha value is -2.96. The van der Waals surface area contributed by atoms with E-state index in [2.05, 4.69) is 9.88 Å². The van der Waals surface area contributed by atoms with Crippen LogP contribution in [0.3, 0.4) is 0 Å². The number of piperidine rings is 1.